The van der Waals surface area contributed by atoms with Crippen LogP contribution in [0.5, 0.6) is 5.75 Å². The number of aliphatic carboxylic acids is 1. The first-order chi connectivity index (χ1) is 12.4. The van der Waals surface area contributed by atoms with Gasteiger partial charge in [0.25, 0.3) is 5.91 Å². The van der Waals surface area contributed by atoms with Gasteiger partial charge in [0, 0.05) is 16.3 Å². The maximum Gasteiger partial charge on any atom is 0.322 e. The van der Waals surface area contributed by atoms with Crippen molar-refractivity contribution >= 4 is 35.1 Å². The van der Waals surface area contributed by atoms with E-state index in [1.807, 2.05) is 0 Å². The second-order valence-corrected chi connectivity index (χ2v) is 5.69. The van der Waals surface area contributed by atoms with Gasteiger partial charge in [0.15, 0.2) is 0 Å². The molecule has 2 aromatic rings. The Bertz CT molecular complexity index is 775. The lowest BCUT2D eigenvalue weighted by Gasteiger charge is -2.08. The summed E-state index contributed by atoms with van der Waals surface area (Å²) in [7, 11) is 0. The third-order valence-electron chi connectivity index (χ3n) is 3.24. The van der Waals surface area contributed by atoms with Gasteiger partial charge in [-0.05, 0) is 48.5 Å². The van der Waals surface area contributed by atoms with E-state index in [2.05, 4.69) is 10.6 Å². The number of nitrogens with one attached hydrogen (secondary N) is 2. The van der Waals surface area contributed by atoms with Crippen molar-refractivity contribution in [2.75, 3.05) is 18.5 Å². The number of halogens is 1. The predicted molar refractivity (Wildman–Crippen MR) is 96.6 cm³/mol. The Morgan fingerprint density at radius 1 is 1.00 bits per heavy atom. The summed E-state index contributed by atoms with van der Waals surface area (Å²) in [6.07, 6.45) is 0.156. The van der Waals surface area contributed by atoms with Crippen LogP contribution < -0.4 is 15.4 Å². The zero-order chi connectivity index (χ0) is 18.9. The van der Waals surface area contributed by atoms with Gasteiger partial charge in [0.05, 0.1) is 13.0 Å². The van der Waals surface area contributed by atoms with Crippen molar-refractivity contribution in [3.8, 4) is 5.75 Å². The number of anilines is 1. The van der Waals surface area contributed by atoms with Crippen molar-refractivity contribution in [2.24, 2.45) is 0 Å². The van der Waals surface area contributed by atoms with Gasteiger partial charge >= 0.3 is 5.97 Å². The summed E-state index contributed by atoms with van der Waals surface area (Å²) < 4.78 is 5.45. The summed E-state index contributed by atoms with van der Waals surface area (Å²) in [6.45, 7) is -0.242. The van der Waals surface area contributed by atoms with E-state index >= 15 is 0 Å². The van der Waals surface area contributed by atoms with E-state index in [-0.39, 0.29) is 18.9 Å². The molecule has 0 aliphatic carbocycles. The number of amides is 2. The molecule has 0 radical (unpaired) electrons. The van der Waals surface area contributed by atoms with Gasteiger partial charge in [0.2, 0.25) is 5.91 Å². The second-order valence-electron chi connectivity index (χ2n) is 5.25. The highest BCUT2D eigenvalue weighted by atomic mass is 35.5. The van der Waals surface area contributed by atoms with Crippen LogP contribution in [0.1, 0.15) is 16.8 Å². The van der Waals surface area contributed by atoms with E-state index in [4.69, 9.17) is 21.4 Å². The van der Waals surface area contributed by atoms with Crippen LogP contribution in [0.25, 0.3) is 0 Å². The minimum Gasteiger partial charge on any atom is -0.493 e. The van der Waals surface area contributed by atoms with Crippen molar-refractivity contribution in [3.05, 3.63) is 59.1 Å². The molecule has 2 aromatic carbocycles. The van der Waals surface area contributed by atoms with E-state index in [1.165, 1.54) is 12.1 Å². The van der Waals surface area contributed by atoms with Gasteiger partial charge in [-0.2, -0.15) is 0 Å². The van der Waals surface area contributed by atoms with Crippen LogP contribution in [-0.4, -0.2) is 36.0 Å². The number of carbonyl (C=O) groups excluding carboxylic acids is 2. The smallest absolute Gasteiger partial charge is 0.322 e. The molecule has 0 bridgehead atoms. The Morgan fingerprint density at radius 3 is 2.27 bits per heavy atom. The SMILES string of the molecule is O=C(O)CNC(=O)c1ccc(NC(=O)CCOc2ccc(Cl)cc2)cc1. The third kappa shape index (κ3) is 6.45. The Balaban J connectivity index is 1.77. The zero-order valence-electron chi connectivity index (χ0n) is 13.7. The number of rotatable bonds is 8. The molecule has 136 valence electrons. The predicted octanol–water partition coefficient (Wildman–Crippen LogP) is 2.56. The quantitative estimate of drug-likeness (QED) is 0.656. The van der Waals surface area contributed by atoms with Crippen LogP contribution in [0.4, 0.5) is 5.69 Å². The molecule has 0 aromatic heterocycles. The number of carboxylic acid groups (broad SMARTS) is 1. The Labute approximate surface area is 154 Å². The van der Waals surface area contributed by atoms with Crippen LogP contribution in [0.3, 0.4) is 0 Å². The second kappa shape index (κ2) is 9.43. The standard InChI is InChI=1S/C18H17ClN2O5/c19-13-3-7-15(8-4-13)26-10-9-16(22)21-14-5-1-12(2-6-14)18(25)20-11-17(23)24/h1-8H,9-11H2,(H,20,25)(H,21,22)(H,23,24). The van der Waals surface area contributed by atoms with Gasteiger partial charge in [-0.1, -0.05) is 11.6 Å². The molecule has 0 spiro atoms. The normalized spacial score (nSPS) is 10.0. The molecule has 2 amide bonds. The zero-order valence-corrected chi connectivity index (χ0v) is 14.5. The third-order valence-corrected chi connectivity index (χ3v) is 3.49. The maximum absolute atomic E-state index is 11.9. The van der Waals surface area contributed by atoms with E-state index in [1.54, 1.807) is 36.4 Å². The highest BCUT2D eigenvalue weighted by Gasteiger charge is 2.08. The first-order valence-corrected chi connectivity index (χ1v) is 8.10. The number of hydrogen-bond acceptors (Lipinski definition) is 4. The fourth-order valence-electron chi connectivity index (χ4n) is 1.98. The first-order valence-electron chi connectivity index (χ1n) is 7.72. The van der Waals surface area contributed by atoms with Crippen LogP contribution in [0.15, 0.2) is 48.5 Å². The van der Waals surface area contributed by atoms with E-state index < -0.39 is 18.4 Å². The number of carbonyl (C=O) groups is 3. The highest BCUT2D eigenvalue weighted by molar-refractivity contribution is 6.30. The molecule has 0 fully saturated rings. The molecule has 0 unspecified atom stereocenters. The van der Waals surface area contributed by atoms with Crippen LogP contribution in [0, 0.1) is 0 Å². The van der Waals surface area contributed by atoms with E-state index in [0.717, 1.165) is 0 Å². The minimum atomic E-state index is -1.12. The molecule has 8 heteroatoms. The molecule has 0 saturated heterocycles. The van der Waals surface area contributed by atoms with Crippen molar-refractivity contribution in [1.82, 2.24) is 5.32 Å². The molecular formula is C18H17ClN2O5. The maximum atomic E-state index is 11.9. The highest BCUT2D eigenvalue weighted by Crippen LogP contribution is 2.16. The number of benzene rings is 2. The van der Waals surface area contributed by atoms with Crippen molar-refractivity contribution < 1.29 is 24.2 Å². The molecule has 0 heterocycles. The molecule has 0 aliphatic heterocycles. The lowest BCUT2D eigenvalue weighted by molar-refractivity contribution is -0.135. The van der Waals surface area contributed by atoms with Crippen molar-refractivity contribution in [1.29, 1.82) is 0 Å². The summed E-state index contributed by atoms with van der Waals surface area (Å²) in [5.41, 5.74) is 0.826. The fraction of sp³-hybridized carbons (Fsp3) is 0.167. The molecule has 7 nitrogen and oxygen atoms in total. The molecule has 0 saturated carbocycles. The average molecular weight is 377 g/mol. The van der Waals surface area contributed by atoms with Crippen LogP contribution in [0.2, 0.25) is 5.02 Å². The van der Waals surface area contributed by atoms with E-state index in [0.29, 0.717) is 22.0 Å². The molecule has 0 aliphatic rings. The van der Waals surface area contributed by atoms with Crippen LogP contribution in [-0.2, 0) is 9.59 Å². The number of carboxylic acids is 1. The lowest BCUT2D eigenvalue weighted by atomic mass is 10.2. The molecule has 26 heavy (non-hydrogen) atoms. The largest absolute Gasteiger partial charge is 0.493 e. The molecule has 2 rings (SSSR count). The number of hydrogen-bond donors (Lipinski definition) is 3. The summed E-state index contributed by atoms with van der Waals surface area (Å²) >= 11 is 5.78. The van der Waals surface area contributed by atoms with Crippen molar-refractivity contribution in [2.45, 2.75) is 6.42 Å². The lowest BCUT2D eigenvalue weighted by Crippen LogP contribution is -2.29. The Kier molecular flexibility index (Phi) is 6.99. The van der Waals surface area contributed by atoms with Crippen LogP contribution >= 0.6 is 11.6 Å². The Hall–Kier alpha value is -3.06. The molecular weight excluding hydrogens is 360 g/mol. The summed E-state index contributed by atoms with van der Waals surface area (Å²) in [4.78, 5) is 34.0. The first kappa shape index (κ1) is 19.3. The summed E-state index contributed by atoms with van der Waals surface area (Å²) in [5.74, 6) is -1.23. The van der Waals surface area contributed by atoms with E-state index in [9.17, 15) is 14.4 Å². The Morgan fingerprint density at radius 2 is 1.65 bits per heavy atom. The summed E-state index contributed by atoms with van der Waals surface area (Å²) in [5, 5.41) is 14.1. The van der Waals surface area contributed by atoms with Gasteiger partial charge in [-0.3, -0.25) is 14.4 Å². The van der Waals surface area contributed by atoms with Crippen molar-refractivity contribution in [3.63, 3.8) is 0 Å². The number of ether oxygens (including phenoxy) is 1. The monoisotopic (exact) mass is 376 g/mol. The molecule has 0 atom stereocenters. The average Bonchev–Trinajstić information content (AvgIpc) is 2.62. The van der Waals surface area contributed by atoms with Gasteiger partial charge in [-0.15, -0.1) is 0 Å². The fourth-order valence-corrected chi connectivity index (χ4v) is 2.10. The van der Waals surface area contributed by atoms with Gasteiger partial charge in [-0.25, -0.2) is 0 Å². The topological polar surface area (TPSA) is 105 Å². The van der Waals surface area contributed by atoms with Gasteiger partial charge in [0.1, 0.15) is 12.3 Å². The summed E-state index contributed by atoms with van der Waals surface area (Å²) in [6, 6.07) is 13.0. The molecule has 3 N–H and O–H groups in total. The van der Waals surface area contributed by atoms with Gasteiger partial charge < -0.3 is 20.5 Å². The minimum absolute atomic E-state index is 0.156.